The molecule has 1 atom stereocenters. The van der Waals surface area contributed by atoms with Crippen molar-refractivity contribution in [3.8, 4) is 0 Å². The lowest BCUT2D eigenvalue weighted by atomic mass is 10.1. The second-order valence-corrected chi connectivity index (χ2v) is 2.77. The van der Waals surface area contributed by atoms with Crippen LogP contribution in [-0.4, -0.2) is 30.7 Å². The van der Waals surface area contributed by atoms with Gasteiger partial charge in [-0.1, -0.05) is 12.2 Å². The van der Waals surface area contributed by atoms with Gasteiger partial charge in [0.15, 0.2) is 6.29 Å². The molecule has 0 aliphatic carbocycles. The largest absolute Gasteiger partial charge is 0.389 e. The molecule has 1 saturated heterocycles. The molecule has 1 fully saturated rings. The van der Waals surface area contributed by atoms with Crippen LogP contribution in [0.25, 0.3) is 0 Å². The van der Waals surface area contributed by atoms with Crippen LogP contribution in [0, 0.1) is 0 Å². The quantitative estimate of drug-likeness (QED) is 0.614. The maximum atomic E-state index is 9.33. The summed E-state index contributed by atoms with van der Waals surface area (Å²) in [5.41, 5.74) is 0.754. The Morgan fingerprint density at radius 3 is 2.64 bits per heavy atom. The fourth-order valence-electron chi connectivity index (χ4n) is 0.927. The van der Waals surface area contributed by atoms with Crippen LogP contribution in [0.2, 0.25) is 0 Å². The van der Waals surface area contributed by atoms with Gasteiger partial charge < -0.3 is 14.6 Å². The highest BCUT2D eigenvalue weighted by atomic mass is 16.7. The van der Waals surface area contributed by atoms with Crippen molar-refractivity contribution in [2.24, 2.45) is 0 Å². The zero-order valence-electron chi connectivity index (χ0n) is 6.75. The third-order valence-electron chi connectivity index (χ3n) is 1.68. The molecule has 0 spiro atoms. The van der Waals surface area contributed by atoms with Crippen molar-refractivity contribution in [1.82, 2.24) is 0 Å². The van der Waals surface area contributed by atoms with Crippen LogP contribution in [0.1, 0.15) is 13.3 Å². The molecule has 1 unspecified atom stereocenters. The minimum absolute atomic E-state index is 0.235. The zero-order chi connectivity index (χ0) is 8.27. The molecule has 3 nitrogen and oxygen atoms in total. The maximum Gasteiger partial charge on any atom is 0.160 e. The molecule has 11 heavy (non-hydrogen) atoms. The summed E-state index contributed by atoms with van der Waals surface area (Å²) in [7, 11) is 0. The van der Waals surface area contributed by atoms with E-state index in [1.165, 1.54) is 0 Å². The summed E-state index contributed by atoms with van der Waals surface area (Å²) in [6.45, 7) is 6.69. The number of hydrogen-bond acceptors (Lipinski definition) is 3. The first kappa shape index (κ1) is 8.71. The Hall–Kier alpha value is -0.380. The van der Waals surface area contributed by atoms with Gasteiger partial charge in [0.1, 0.15) is 0 Å². The average molecular weight is 158 g/mol. The molecular weight excluding hydrogens is 144 g/mol. The molecule has 0 aromatic rings. The van der Waals surface area contributed by atoms with Crippen LogP contribution in [0.3, 0.4) is 0 Å². The maximum absolute atomic E-state index is 9.33. The Morgan fingerprint density at radius 1 is 1.64 bits per heavy atom. The van der Waals surface area contributed by atoms with E-state index in [0.29, 0.717) is 19.6 Å². The molecule has 0 saturated carbocycles. The summed E-state index contributed by atoms with van der Waals surface area (Å²) < 4.78 is 10.3. The molecule has 1 aliphatic rings. The van der Waals surface area contributed by atoms with Crippen LogP contribution in [0.5, 0.6) is 0 Å². The molecule has 0 aromatic heterocycles. The number of aliphatic hydroxyl groups is 1. The van der Waals surface area contributed by atoms with Crippen LogP contribution in [-0.2, 0) is 9.47 Å². The standard InChI is InChI=1S/C8H14O3/c1-6(2)7(9)5-8-10-3-4-11-8/h7-9H,1,3-5H2,2H3. The van der Waals surface area contributed by atoms with Gasteiger partial charge in [0.25, 0.3) is 0 Å². The number of aliphatic hydroxyl groups excluding tert-OH is 1. The molecule has 1 N–H and O–H groups in total. The van der Waals surface area contributed by atoms with Crippen molar-refractivity contribution in [2.75, 3.05) is 13.2 Å². The summed E-state index contributed by atoms with van der Waals surface area (Å²) in [4.78, 5) is 0. The van der Waals surface area contributed by atoms with E-state index in [4.69, 9.17) is 9.47 Å². The predicted molar refractivity (Wildman–Crippen MR) is 41.1 cm³/mol. The van der Waals surface area contributed by atoms with Crippen molar-refractivity contribution in [3.05, 3.63) is 12.2 Å². The molecule has 0 bridgehead atoms. The van der Waals surface area contributed by atoms with Crippen LogP contribution in [0.4, 0.5) is 0 Å². The number of rotatable bonds is 3. The van der Waals surface area contributed by atoms with Crippen LogP contribution < -0.4 is 0 Å². The van der Waals surface area contributed by atoms with Crippen LogP contribution in [0.15, 0.2) is 12.2 Å². The molecular formula is C8H14O3. The second-order valence-electron chi connectivity index (χ2n) is 2.77. The van der Waals surface area contributed by atoms with E-state index < -0.39 is 6.10 Å². The Labute approximate surface area is 66.6 Å². The SMILES string of the molecule is C=C(C)C(O)CC1OCCO1. The Bertz CT molecular complexity index is 138. The normalized spacial score (nSPS) is 22.0. The van der Waals surface area contributed by atoms with Gasteiger partial charge >= 0.3 is 0 Å². The van der Waals surface area contributed by atoms with Gasteiger partial charge in [0, 0.05) is 6.42 Å². The first-order valence-electron chi connectivity index (χ1n) is 3.77. The highest BCUT2D eigenvalue weighted by Gasteiger charge is 2.19. The third-order valence-corrected chi connectivity index (χ3v) is 1.68. The van der Waals surface area contributed by atoms with Gasteiger partial charge in [-0.05, 0) is 6.92 Å². The van der Waals surface area contributed by atoms with Crippen LogP contribution >= 0.6 is 0 Å². The summed E-state index contributed by atoms with van der Waals surface area (Å²) >= 11 is 0. The molecule has 3 heteroatoms. The average Bonchev–Trinajstić information content (AvgIpc) is 2.39. The van der Waals surface area contributed by atoms with E-state index in [2.05, 4.69) is 6.58 Å². The van der Waals surface area contributed by atoms with Gasteiger partial charge in [-0.25, -0.2) is 0 Å². The van der Waals surface area contributed by atoms with Crippen molar-refractivity contribution in [2.45, 2.75) is 25.7 Å². The topological polar surface area (TPSA) is 38.7 Å². The van der Waals surface area contributed by atoms with E-state index in [-0.39, 0.29) is 6.29 Å². The summed E-state index contributed by atoms with van der Waals surface area (Å²) in [5.74, 6) is 0. The smallest absolute Gasteiger partial charge is 0.160 e. The lowest BCUT2D eigenvalue weighted by Gasteiger charge is -2.13. The molecule has 0 radical (unpaired) electrons. The molecule has 1 heterocycles. The second kappa shape index (κ2) is 3.85. The monoisotopic (exact) mass is 158 g/mol. The van der Waals surface area contributed by atoms with Crippen molar-refractivity contribution in [1.29, 1.82) is 0 Å². The van der Waals surface area contributed by atoms with Gasteiger partial charge in [-0.2, -0.15) is 0 Å². The van der Waals surface area contributed by atoms with E-state index in [1.54, 1.807) is 6.92 Å². The predicted octanol–water partition coefficient (Wildman–Crippen LogP) is 0.686. The summed E-state index contributed by atoms with van der Waals surface area (Å²) in [6.07, 6.45) is -0.241. The minimum Gasteiger partial charge on any atom is -0.389 e. The van der Waals surface area contributed by atoms with E-state index in [1.807, 2.05) is 0 Å². The highest BCUT2D eigenvalue weighted by molar-refractivity contribution is 4.96. The number of ether oxygens (including phenoxy) is 2. The van der Waals surface area contributed by atoms with Gasteiger partial charge in [0.2, 0.25) is 0 Å². The highest BCUT2D eigenvalue weighted by Crippen LogP contribution is 2.13. The first-order chi connectivity index (χ1) is 5.20. The molecule has 0 aromatic carbocycles. The Balaban J connectivity index is 2.23. The lowest BCUT2D eigenvalue weighted by Crippen LogP contribution is -2.18. The fourth-order valence-corrected chi connectivity index (χ4v) is 0.927. The molecule has 0 amide bonds. The first-order valence-corrected chi connectivity index (χ1v) is 3.77. The Morgan fingerprint density at radius 2 is 2.18 bits per heavy atom. The summed E-state index contributed by atoms with van der Waals surface area (Å²) in [6, 6.07) is 0. The molecule has 1 rings (SSSR count). The van der Waals surface area contributed by atoms with Crippen molar-refractivity contribution >= 4 is 0 Å². The van der Waals surface area contributed by atoms with Crippen molar-refractivity contribution in [3.63, 3.8) is 0 Å². The van der Waals surface area contributed by atoms with Gasteiger partial charge in [-0.15, -0.1) is 0 Å². The molecule has 64 valence electrons. The Kier molecular flexibility index (Phi) is 3.05. The van der Waals surface area contributed by atoms with Gasteiger partial charge in [-0.3, -0.25) is 0 Å². The zero-order valence-corrected chi connectivity index (χ0v) is 6.75. The summed E-state index contributed by atoms with van der Waals surface area (Å²) in [5, 5.41) is 9.33. The van der Waals surface area contributed by atoms with E-state index >= 15 is 0 Å². The van der Waals surface area contributed by atoms with E-state index in [9.17, 15) is 5.11 Å². The number of hydrogen-bond donors (Lipinski definition) is 1. The third kappa shape index (κ3) is 2.61. The minimum atomic E-state index is -0.502. The van der Waals surface area contributed by atoms with Crippen molar-refractivity contribution < 1.29 is 14.6 Å². The lowest BCUT2D eigenvalue weighted by molar-refractivity contribution is -0.0649. The molecule has 1 aliphatic heterocycles. The van der Waals surface area contributed by atoms with E-state index in [0.717, 1.165) is 5.57 Å². The van der Waals surface area contributed by atoms with Gasteiger partial charge in [0.05, 0.1) is 19.3 Å². The fraction of sp³-hybridized carbons (Fsp3) is 0.750.